The number of carbonyl (C=O) groups is 2. The first-order valence-electron chi connectivity index (χ1n) is 11.5. The lowest BCUT2D eigenvalue weighted by Gasteiger charge is -2.47. The van der Waals surface area contributed by atoms with E-state index in [4.69, 9.17) is 9.47 Å². The van der Waals surface area contributed by atoms with Gasteiger partial charge in [0.05, 0.1) is 20.8 Å². The lowest BCUT2D eigenvalue weighted by atomic mass is 9.85. The molecule has 2 atom stereocenters. The Morgan fingerprint density at radius 2 is 1.91 bits per heavy atom. The van der Waals surface area contributed by atoms with E-state index in [9.17, 15) is 9.59 Å². The molecule has 4 heterocycles. The average Bonchev–Trinajstić information content (AvgIpc) is 3.53. The van der Waals surface area contributed by atoms with Crippen molar-refractivity contribution in [2.45, 2.75) is 25.0 Å². The minimum Gasteiger partial charge on any atom is -0.497 e. The molecule has 2 aromatic carbocycles. The summed E-state index contributed by atoms with van der Waals surface area (Å²) < 4.78 is 11.2. The van der Waals surface area contributed by atoms with E-state index in [1.54, 1.807) is 35.4 Å². The van der Waals surface area contributed by atoms with E-state index in [0.717, 1.165) is 32.6 Å². The molecule has 0 spiro atoms. The number of carbonyl (C=O) groups excluding carboxylic acids is 2. The molecule has 0 saturated carbocycles. The molecule has 35 heavy (non-hydrogen) atoms. The van der Waals surface area contributed by atoms with Crippen LogP contribution in [-0.4, -0.2) is 53.4 Å². The number of rotatable bonds is 5. The van der Waals surface area contributed by atoms with Crippen molar-refractivity contribution < 1.29 is 19.1 Å². The van der Waals surface area contributed by atoms with Crippen LogP contribution in [0.2, 0.25) is 0 Å². The van der Waals surface area contributed by atoms with Crippen LogP contribution in [0.25, 0.3) is 10.9 Å². The van der Waals surface area contributed by atoms with E-state index >= 15 is 0 Å². The van der Waals surface area contributed by atoms with E-state index in [-0.39, 0.29) is 18.4 Å². The number of nitrogens with zero attached hydrogens (tertiary/aromatic N) is 2. The molecule has 1 fully saturated rings. The summed E-state index contributed by atoms with van der Waals surface area (Å²) in [5.41, 5.74) is 3.76. The molecule has 2 aliphatic rings. The van der Waals surface area contributed by atoms with Crippen molar-refractivity contribution in [3.05, 3.63) is 81.7 Å². The number of fused-ring (bicyclic) bond motifs is 4. The molecule has 1 N–H and O–H groups in total. The number of H-pyrrole nitrogens is 1. The normalized spacial score (nSPS) is 19.6. The Labute approximate surface area is 206 Å². The second-order valence-electron chi connectivity index (χ2n) is 8.87. The minimum absolute atomic E-state index is 0.0270. The first-order chi connectivity index (χ1) is 17.1. The van der Waals surface area contributed by atoms with E-state index in [1.165, 1.54) is 0 Å². The van der Waals surface area contributed by atoms with Crippen LogP contribution in [0, 0.1) is 0 Å². The van der Waals surface area contributed by atoms with Gasteiger partial charge in [0.15, 0.2) is 0 Å². The number of hydrogen-bond acceptors (Lipinski definition) is 5. The zero-order valence-corrected chi connectivity index (χ0v) is 20.3. The monoisotopic (exact) mass is 487 g/mol. The first-order valence-corrected chi connectivity index (χ1v) is 12.4. The SMILES string of the molecule is COc1ccc(OC)c(C2c3[nH]c4ccccc4c3CC3C(=O)N(Cc4cccs4)CC(=O)N32)c1. The Morgan fingerprint density at radius 3 is 2.69 bits per heavy atom. The number of piperazine rings is 1. The van der Waals surface area contributed by atoms with Crippen LogP contribution in [0.3, 0.4) is 0 Å². The number of para-hydroxylation sites is 1. The van der Waals surface area contributed by atoms with Gasteiger partial charge in [-0.25, -0.2) is 0 Å². The van der Waals surface area contributed by atoms with Crippen molar-refractivity contribution in [3.63, 3.8) is 0 Å². The van der Waals surface area contributed by atoms with Gasteiger partial charge in [0.25, 0.3) is 0 Å². The van der Waals surface area contributed by atoms with Crippen molar-refractivity contribution in [2.24, 2.45) is 0 Å². The predicted octanol–water partition coefficient (Wildman–Crippen LogP) is 4.13. The number of benzene rings is 2. The summed E-state index contributed by atoms with van der Waals surface area (Å²) in [5.74, 6) is 1.20. The van der Waals surface area contributed by atoms with Crippen molar-refractivity contribution in [1.29, 1.82) is 0 Å². The molecule has 8 heteroatoms. The van der Waals surface area contributed by atoms with Gasteiger partial charge in [-0.3, -0.25) is 9.59 Å². The summed E-state index contributed by atoms with van der Waals surface area (Å²) in [5, 5.41) is 3.06. The maximum absolute atomic E-state index is 13.8. The number of ether oxygens (including phenoxy) is 2. The van der Waals surface area contributed by atoms with Gasteiger partial charge in [0.2, 0.25) is 11.8 Å². The van der Waals surface area contributed by atoms with E-state index < -0.39 is 12.1 Å². The molecule has 0 bridgehead atoms. The molecule has 2 aliphatic heterocycles. The molecular formula is C27H25N3O4S. The molecular weight excluding hydrogens is 462 g/mol. The summed E-state index contributed by atoms with van der Waals surface area (Å²) >= 11 is 1.59. The first kappa shape index (κ1) is 21.7. The Balaban J connectivity index is 1.52. The van der Waals surface area contributed by atoms with Gasteiger partial charge in [-0.1, -0.05) is 24.3 Å². The van der Waals surface area contributed by atoms with Gasteiger partial charge in [-0.05, 0) is 41.3 Å². The molecule has 2 aromatic heterocycles. The molecule has 7 nitrogen and oxygen atoms in total. The smallest absolute Gasteiger partial charge is 0.246 e. The number of amides is 2. The van der Waals surface area contributed by atoms with Crippen LogP contribution in [0.15, 0.2) is 60.0 Å². The lowest BCUT2D eigenvalue weighted by molar-refractivity contribution is -0.159. The topological polar surface area (TPSA) is 74.9 Å². The van der Waals surface area contributed by atoms with Crippen molar-refractivity contribution in [3.8, 4) is 11.5 Å². The zero-order valence-electron chi connectivity index (χ0n) is 19.5. The van der Waals surface area contributed by atoms with Gasteiger partial charge in [-0.15, -0.1) is 11.3 Å². The molecule has 0 radical (unpaired) electrons. The highest BCUT2D eigenvalue weighted by Gasteiger charge is 2.49. The van der Waals surface area contributed by atoms with Crippen molar-refractivity contribution >= 4 is 34.1 Å². The summed E-state index contributed by atoms with van der Waals surface area (Å²) in [6.07, 6.45) is 0.466. The Morgan fingerprint density at radius 1 is 1.06 bits per heavy atom. The van der Waals surface area contributed by atoms with Crippen LogP contribution in [0.4, 0.5) is 0 Å². The number of nitrogens with one attached hydrogen (secondary N) is 1. The van der Waals surface area contributed by atoms with E-state index in [1.807, 2.05) is 53.9 Å². The third kappa shape index (κ3) is 3.47. The van der Waals surface area contributed by atoms with Gasteiger partial charge in [0, 0.05) is 33.5 Å². The fraction of sp³-hybridized carbons (Fsp3) is 0.259. The average molecular weight is 488 g/mol. The van der Waals surface area contributed by atoms with Crippen LogP contribution in [-0.2, 0) is 22.6 Å². The van der Waals surface area contributed by atoms with Crippen LogP contribution in [0.5, 0.6) is 11.5 Å². The molecule has 0 aliphatic carbocycles. The molecule has 2 unspecified atom stereocenters. The maximum Gasteiger partial charge on any atom is 0.246 e. The fourth-order valence-corrected chi connectivity index (χ4v) is 6.14. The number of aromatic nitrogens is 1. The second-order valence-corrected chi connectivity index (χ2v) is 9.90. The largest absolute Gasteiger partial charge is 0.497 e. The highest BCUT2D eigenvalue weighted by molar-refractivity contribution is 7.09. The van der Waals surface area contributed by atoms with E-state index in [0.29, 0.717) is 24.5 Å². The summed E-state index contributed by atoms with van der Waals surface area (Å²) in [7, 11) is 3.23. The Hall–Kier alpha value is -3.78. The second kappa shape index (κ2) is 8.46. The zero-order chi connectivity index (χ0) is 24.1. The highest BCUT2D eigenvalue weighted by atomic mass is 32.1. The molecule has 4 aromatic rings. The number of hydrogen-bond donors (Lipinski definition) is 1. The van der Waals surface area contributed by atoms with Gasteiger partial charge < -0.3 is 24.3 Å². The quantitative estimate of drug-likeness (QED) is 0.459. The predicted molar refractivity (Wildman–Crippen MR) is 134 cm³/mol. The summed E-state index contributed by atoms with van der Waals surface area (Å²) in [4.78, 5) is 35.6. The summed E-state index contributed by atoms with van der Waals surface area (Å²) in [6, 6.07) is 16.5. The third-order valence-electron chi connectivity index (χ3n) is 7.00. The van der Waals surface area contributed by atoms with Crippen molar-refractivity contribution in [1.82, 2.24) is 14.8 Å². The fourth-order valence-electron chi connectivity index (χ4n) is 5.43. The van der Waals surface area contributed by atoms with E-state index in [2.05, 4.69) is 11.1 Å². The van der Waals surface area contributed by atoms with Crippen LogP contribution < -0.4 is 9.47 Å². The lowest BCUT2D eigenvalue weighted by Crippen LogP contribution is -2.62. The molecule has 2 amide bonds. The standard InChI is InChI=1S/C27H25N3O4S/c1-33-16-9-10-23(34-2)20(12-16)26-25-19(18-7-3-4-8-21(18)28-25)13-22-27(32)29(15-24(31)30(22)26)14-17-6-5-11-35-17/h3-12,22,26,28H,13-15H2,1-2H3. The van der Waals surface area contributed by atoms with Crippen LogP contribution >= 0.6 is 11.3 Å². The number of methoxy groups -OCH3 is 2. The van der Waals surface area contributed by atoms with Gasteiger partial charge >= 0.3 is 0 Å². The molecule has 1 saturated heterocycles. The van der Waals surface area contributed by atoms with Crippen molar-refractivity contribution in [2.75, 3.05) is 20.8 Å². The molecule has 6 rings (SSSR count). The van der Waals surface area contributed by atoms with Crippen LogP contribution in [0.1, 0.15) is 27.7 Å². The minimum atomic E-state index is -0.594. The maximum atomic E-state index is 13.8. The summed E-state index contributed by atoms with van der Waals surface area (Å²) in [6.45, 7) is 0.492. The number of aromatic amines is 1. The highest BCUT2D eigenvalue weighted by Crippen LogP contribution is 2.45. The number of thiophene rings is 1. The Kier molecular flexibility index (Phi) is 5.25. The Bertz CT molecular complexity index is 1430. The molecule has 178 valence electrons. The van der Waals surface area contributed by atoms with Gasteiger partial charge in [-0.2, -0.15) is 0 Å². The van der Waals surface area contributed by atoms with Gasteiger partial charge in [0.1, 0.15) is 30.1 Å². The third-order valence-corrected chi connectivity index (χ3v) is 7.86.